The molecule has 0 N–H and O–H groups in total. The summed E-state index contributed by atoms with van der Waals surface area (Å²) in [5, 5.41) is 0.488. The standard InChI is InChI=1S/C21H26O2S/c1-6-7-16-8-13(2)20(14(3)9-16)21-18(22)11-17(12-19(21)23)10-15(4)24-5/h8-9,15,17,21H,10-12H2,1-5H3. The van der Waals surface area contributed by atoms with Gasteiger partial charge in [0.1, 0.15) is 17.5 Å². The van der Waals surface area contributed by atoms with Gasteiger partial charge in [0.2, 0.25) is 0 Å². The normalized spacial score (nSPS) is 22.0. The van der Waals surface area contributed by atoms with E-state index in [2.05, 4.69) is 25.0 Å². The molecule has 1 atom stereocenters. The van der Waals surface area contributed by atoms with E-state index in [4.69, 9.17) is 0 Å². The summed E-state index contributed by atoms with van der Waals surface area (Å²) in [7, 11) is 0. The minimum absolute atomic E-state index is 0.0880. The first kappa shape index (κ1) is 18.8. The molecule has 24 heavy (non-hydrogen) atoms. The predicted octanol–water partition coefficient (Wildman–Crippen LogP) is 4.45. The highest BCUT2D eigenvalue weighted by molar-refractivity contribution is 7.99. The van der Waals surface area contributed by atoms with E-state index >= 15 is 0 Å². The Morgan fingerprint density at radius 3 is 2.17 bits per heavy atom. The average Bonchev–Trinajstić information content (AvgIpc) is 2.49. The lowest BCUT2D eigenvalue weighted by molar-refractivity contribution is -0.133. The Balaban J connectivity index is 2.28. The van der Waals surface area contributed by atoms with Crippen LogP contribution in [-0.4, -0.2) is 23.1 Å². The molecule has 0 bridgehead atoms. The summed E-state index contributed by atoms with van der Waals surface area (Å²) in [6.07, 6.45) is 4.06. The number of rotatable bonds is 4. The Bertz CT molecular complexity index is 667. The van der Waals surface area contributed by atoms with Gasteiger partial charge in [-0.1, -0.05) is 12.8 Å². The Labute approximate surface area is 149 Å². The average molecular weight is 343 g/mol. The first-order valence-electron chi connectivity index (χ1n) is 8.49. The van der Waals surface area contributed by atoms with E-state index in [1.807, 2.05) is 32.9 Å². The zero-order valence-electron chi connectivity index (χ0n) is 15.2. The van der Waals surface area contributed by atoms with E-state index in [0.717, 1.165) is 28.7 Å². The number of benzene rings is 1. The number of hydrogen-bond acceptors (Lipinski definition) is 3. The maximum atomic E-state index is 12.7. The molecule has 128 valence electrons. The second-order valence-corrected chi connectivity index (χ2v) is 8.10. The van der Waals surface area contributed by atoms with E-state index in [0.29, 0.717) is 18.1 Å². The van der Waals surface area contributed by atoms with Crippen molar-refractivity contribution in [3.8, 4) is 11.8 Å². The number of Topliss-reactive ketones (excluding diaryl/α,β-unsaturated/α-hetero) is 2. The van der Waals surface area contributed by atoms with Crippen LogP contribution in [0.2, 0.25) is 0 Å². The molecule has 0 radical (unpaired) electrons. The van der Waals surface area contributed by atoms with Crippen molar-refractivity contribution >= 4 is 23.3 Å². The zero-order chi connectivity index (χ0) is 17.9. The summed E-state index contributed by atoms with van der Waals surface area (Å²) in [5.74, 6) is 5.76. The van der Waals surface area contributed by atoms with Crippen LogP contribution in [0.25, 0.3) is 0 Å². The van der Waals surface area contributed by atoms with Crippen LogP contribution >= 0.6 is 11.8 Å². The maximum Gasteiger partial charge on any atom is 0.148 e. The number of hydrogen-bond donors (Lipinski definition) is 0. The van der Waals surface area contributed by atoms with Gasteiger partial charge in [-0.15, -0.1) is 5.92 Å². The topological polar surface area (TPSA) is 34.1 Å². The highest BCUT2D eigenvalue weighted by Crippen LogP contribution is 2.36. The molecule has 0 aliphatic heterocycles. The fourth-order valence-electron chi connectivity index (χ4n) is 3.76. The summed E-state index contributed by atoms with van der Waals surface area (Å²) in [6, 6.07) is 3.97. The van der Waals surface area contributed by atoms with Crippen molar-refractivity contribution in [2.24, 2.45) is 5.92 Å². The lowest BCUT2D eigenvalue weighted by atomic mass is 9.73. The molecule has 1 saturated carbocycles. The van der Waals surface area contributed by atoms with Crippen molar-refractivity contribution in [3.63, 3.8) is 0 Å². The first-order chi connectivity index (χ1) is 11.4. The molecule has 0 saturated heterocycles. The van der Waals surface area contributed by atoms with E-state index in [9.17, 15) is 9.59 Å². The van der Waals surface area contributed by atoms with Crippen LogP contribution in [0, 0.1) is 31.6 Å². The molecule has 1 aromatic carbocycles. The number of carbonyl (C=O) groups is 2. The quantitative estimate of drug-likeness (QED) is 0.599. The fraction of sp³-hybridized carbons (Fsp3) is 0.524. The van der Waals surface area contributed by atoms with Gasteiger partial charge in [-0.3, -0.25) is 9.59 Å². The molecule has 1 aliphatic carbocycles. The highest BCUT2D eigenvalue weighted by Gasteiger charge is 2.38. The zero-order valence-corrected chi connectivity index (χ0v) is 16.0. The van der Waals surface area contributed by atoms with Crippen LogP contribution in [0.5, 0.6) is 0 Å². The Morgan fingerprint density at radius 2 is 1.71 bits per heavy atom. The van der Waals surface area contributed by atoms with Crippen LogP contribution < -0.4 is 0 Å². The molecule has 0 spiro atoms. The molecule has 1 aliphatic rings. The molecule has 1 fully saturated rings. The highest BCUT2D eigenvalue weighted by atomic mass is 32.2. The van der Waals surface area contributed by atoms with Gasteiger partial charge >= 0.3 is 0 Å². The second kappa shape index (κ2) is 8.03. The minimum atomic E-state index is -0.575. The molecular weight excluding hydrogens is 316 g/mol. The molecule has 0 amide bonds. The van der Waals surface area contributed by atoms with Crippen molar-refractivity contribution in [2.45, 2.75) is 58.1 Å². The van der Waals surface area contributed by atoms with Crippen LogP contribution in [-0.2, 0) is 9.59 Å². The molecular formula is C21H26O2S. The molecule has 0 aromatic heterocycles. The Hall–Kier alpha value is -1.53. The van der Waals surface area contributed by atoms with E-state index < -0.39 is 5.92 Å². The van der Waals surface area contributed by atoms with Gasteiger partial charge in [-0.25, -0.2) is 0 Å². The van der Waals surface area contributed by atoms with Crippen molar-refractivity contribution in [1.29, 1.82) is 0 Å². The van der Waals surface area contributed by atoms with Gasteiger partial charge in [0.25, 0.3) is 0 Å². The SMILES string of the molecule is CC#Cc1cc(C)c(C2C(=O)CC(CC(C)SC)CC2=O)c(C)c1. The van der Waals surface area contributed by atoms with Gasteiger partial charge in [0.15, 0.2) is 0 Å². The lowest BCUT2D eigenvalue weighted by Crippen LogP contribution is -2.33. The van der Waals surface area contributed by atoms with Gasteiger partial charge < -0.3 is 0 Å². The van der Waals surface area contributed by atoms with Gasteiger partial charge in [-0.05, 0) is 68.2 Å². The van der Waals surface area contributed by atoms with E-state index in [1.54, 1.807) is 11.8 Å². The van der Waals surface area contributed by atoms with Crippen LogP contribution in [0.15, 0.2) is 12.1 Å². The third-order valence-electron chi connectivity index (χ3n) is 4.84. The largest absolute Gasteiger partial charge is 0.299 e. The molecule has 1 aromatic rings. The van der Waals surface area contributed by atoms with Crippen molar-refractivity contribution in [1.82, 2.24) is 0 Å². The first-order valence-corrected chi connectivity index (χ1v) is 9.78. The van der Waals surface area contributed by atoms with Crippen molar-refractivity contribution in [2.75, 3.05) is 6.26 Å². The summed E-state index contributed by atoms with van der Waals surface area (Å²) in [6.45, 7) is 7.92. The monoisotopic (exact) mass is 342 g/mol. The number of aryl methyl sites for hydroxylation is 2. The van der Waals surface area contributed by atoms with Crippen LogP contribution in [0.1, 0.15) is 61.3 Å². The summed E-state index contributed by atoms with van der Waals surface area (Å²) in [5.41, 5.74) is 3.84. The summed E-state index contributed by atoms with van der Waals surface area (Å²) < 4.78 is 0. The maximum absolute atomic E-state index is 12.7. The van der Waals surface area contributed by atoms with E-state index in [1.165, 1.54) is 0 Å². The Kier molecular flexibility index (Phi) is 6.29. The molecule has 2 nitrogen and oxygen atoms in total. The van der Waals surface area contributed by atoms with Gasteiger partial charge in [0.05, 0.1) is 0 Å². The Morgan fingerprint density at radius 1 is 1.17 bits per heavy atom. The van der Waals surface area contributed by atoms with Gasteiger partial charge in [0, 0.05) is 23.7 Å². The minimum Gasteiger partial charge on any atom is -0.299 e. The van der Waals surface area contributed by atoms with Gasteiger partial charge in [-0.2, -0.15) is 11.8 Å². The van der Waals surface area contributed by atoms with E-state index in [-0.39, 0.29) is 17.5 Å². The number of thioether (sulfide) groups is 1. The lowest BCUT2D eigenvalue weighted by Gasteiger charge is -2.29. The molecule has 0 heterocycles. The second-order valence-electron chi connectivity index (χ2n) is 6.82. The van der Waals surface area contributed by atoms with Crippen LogP contribution in [0.4, 0.5) is 0 Å². The molecule has 1 unspecified atom stereocenters. The summed E-state index contributed by atoms with van der Waals surface area (Å²) in [4.78, 5) is 25.5. The van der Waals surface area contributed by atoms with Crippen LogP contribution in [0.3, 0.4) is 0 Å². The predicted molar refractivity (Wildman–Crippen MR) is 102 cm³/mol. The smallest absolute Gasteiger partial charge is 0.148 e. The third kappa shape index (κ3) is 4.11. The molecule has 2 rings (SSSR count). The third-order valence-corrected chi connectivity index (χ3v) is 5.84. The molecule has 3 heteroatoms. The number of carbonyl (C=O) groups excluding carboxylic acids is 2. The van der Waals surface area contributed by atoms with Crippen molar-refractivity contribution < 1.29 is 9.59 Å². The number of ketones is 2. The van der Waals surface area contributed by atoms with Crippen molar-refractivity contribution in [3.05, 3.63) is 34.4 Å². The fourth-order valence-corrected chi connectivity index (χ4v) is 4.22. The summed E-state index contributed by atoms with van der Waals surface area (Å²) >= 11 is 1.79.